The molecule has 1 rings (SSSR count). The van der Waals surface area contributed by atoms with Crippen molar-refractivity contribution in [3.8, 4) is 0 Å². The van der Waals surface area contributed by atoms with Gasteiger partial charge in [-0.15, -0.1) is 0 Å². The lowest BCUT2D eigenvalue weighted by atomic mass is 10.2. The van der Waals surface area contributed by atoms with Crippen molar-refractivity contribution >= 4 is 32.6 Å². The van der Waals surface area contributed by atoms with E-state index in [0.29, 0.717) is 5.69 Å². The highest BCUT2D eigenvalue weighted by Crippen LogP contribution is 2.29. The fourth-order valence-electron chi connectivity index (χ4n) is 1.02. The summed E-state index contributed by atoms with van der Waals surface area (Å²) in [4.78, 5) is 3.13. The molecule has 8 heteroatoms. The van der Waals surface area contributed by atoms with Gasteiger partial charge in [-0.2, -0.15) is 0 Å². The average molecular weight is 348 g/mol. The van der Waals surface area contributed by atoms with Gasteiger partial charge in [-0.25, -0.2) is 22.3 Å². The summed E-state index contributed by atoms with van der Waals surface area (Å²) in [6, 6.07) is 0. The van der Waals surface area contributed by atoms with E-state index in [-0.39, 0.29) is 3.57 Å². The van der Waals surface area contributed by atoms with Gasteiger partial charge in [0.15, 0.2) is 0 Å². The summed E-state index contributed by atoms with van der Waals surface area (Å²) < 4.78 is 47.4. The lowest BCUT2D eigenvalue weighted by Crippen LogP contribution is -2.17. The van der Waals surface area contributed by atoms with E-state index >= 15 is 0 Å². The average Bonchev–Trinajstić information content (AvgIpc) is 2.06. The van der Waals surface area contributed by atoms with Crippen LogP contribution in [-0.4, -0.2) is 13.4 Å². The summed E-state index contributed by atoms with van der Waals surface area (Å²) in [5, 5.41) is 4.87. The molecule has 1 aromatic heterocycles. The Morgan fingerprint density at radius 2 is 2.07 bits per heavy atom. The Kier molecular flexibility index (Phi) is 3.61. The van der Waals surface area contributed by atoms with Gasteiger partial charge in [0.05, 0.1) is 14.8 Å². The minimum Gasteiger partial charge on any atom is -0.260 e. The number of sulfonamides is 1. The molecule has 0 amide bonds. The van der Waals surface area contributed by atoms with Crippen LogP contribution >= 0.6 is 22.6 Å². The van der Waals surface area contributed by atoms with Gasteiger partial charge in [0.25, 0.3) is 6.43 Å². The number of alkyl halides is 2. The molecule has 4 nitrogen and oxygen atoms in total. The van der Waals surface area contributed by atoms with Crippen LogP contribution in [0.5, 0.6) is 0 Å². The number of aromatic nitrogens is 1. The van der Waals surface area contributed by atoms with E-state index in [2.05, 4.69) is 4.98 Å². The second kappa shape index (κ2) is 4.26. The third-order valence-corrected chi connectivity index (χ3v) is 4.39. The minimum atomic E-state index is -4.16. The van der Waals surface area contributed by atoms with Crippen molar-refractivity contribution in [1.82, 2.24) is 4.98 Å². The van der Waals surface area contributed by atoms with Crippen LogP contribution in [0.25, 0.3) is 0 Å². The van der Waals surface area contributed by atoms with E-state index in [1.807, 2.05) is 0 Å². The molecule has 1 heterocycles. The maximum Gasteiger partial charge on any atom is 0.266 e. The molecule has 0 atom stereocenters. The SMILES string of the molecule is Cc1ncc(C(F)F)c(S(N)(=O)=O)c1I. The predicted molar refractivity (Wildman–Crippen MR) is 58.0 cm³/mol. The molecule has 0 aromatic carbocycles. The molecule has 0 fully saturated rings. The van der Waals surface area contributed by atoms with Crippen LogP contribution in [0.1, 0.15) is 17.7 Å². The second-order valence-electron chi connectivity index (χ2n) is 2.79. The predicted octanol–water partition coefficient (Wildman–Crippen LogP) is 1.58. The lowest BCUT2D eigenvalue weighted by Gasteiger charge is -2.10. The van der Waals surface area contributed by atoms with Crippen LogP contribution in [-0.2, 0) is 10.0 Å². The van der Waals surface area contributed by atoms with E-state index in [1.54, 1.807) is 22.6 Å². The van der Waals surface area contributed by atoms with E-state index < -0.39 is 26.9 Å². The minimum absolute atomic E-state index is 0.132. The third kappa shape index (κ3) is 2.61. The molecular weight excluding hydrogens is 341 g/mol. The Morgan fingerprint density at radius 1 is 1.53 bits per heavy atom. The monoisotopic (exact) mass is 348 g/mol. The van der Waals surface area contributed by atoms with Gasteiger partial charge in [0, 0.05) is 6.20 Å². The molecule has 15 heavy (non-hydrogen) atoms. The van der Waals surface area contributed by atoms with E-state index in [1.165, 1.54) is 6.92 Å². The summed E-state index contributed by atoms with van der Waals surface area (Å²) in [6.07, 6.45) is -2.08. The van der Waals surface area contributed by atoms with E-state index in [4.69, 9.17) is 5.14 Å². The number of halogens is 3. The van der Waals surface area contributed by atoms with Gasteiger partial charge in [-0.1, -0.05) is 0 Å². The summed E-state index contributed by atoms with van der Waals surface area (Å²) in [6.45, 7) is 1.52. The number of nitrogens with two attached hydrogens (primary N) is 1. The number of hydrogen-bond acceptors (Lipinski definition) is 3. The summed E-state index contributed by atoms with van der Waals surface area (Å²) in [7, 11) is -4.16. The maximum absolute atomic E-state index is 12.5. The zero-order valence-corrected chi connectivity index (χ0v) is 10.5. The molecule has 0 aliphatic carbocycles. The first-order valence-corrected chi connectivity index (χ1v) is 6.33. The number of nitrogens with zero attached hydrogens (tertiary/aromatic N) is 1. The lowest BCUT2D eigenvalue weighted by molar-refractivity contribution is 0.147. The van der Waals surface area contributed by atoms with Crippen LogP contribution in [0.15, 0.2) is 11.1 Å². The summed E-state index contributed by atoms with van der Waals surface area (Å²) in [5.74, 6) is 0. The fraction of sp³-hybridized carbons (Fsp3) is 0.286. The molecule has 0 saturated heterocycles. The first kappa shape index (κ1) is 12.7. The number of rotatable bonds is 2. The van der Waals surface area contributed by atoms with Crippen LogP contribution in [0.2, 0.25) is 0 Å². The molecule has 2 N–H and O–H groups in total. The Labute approximate surface area is 99.1 Å². The Balaban J connectivity index is 3.65. The van der Waals surface area contributed by atoms with Crippen molar-refractivity contribution in [2.24, 2.45) is 5.14 Å². The Bertz CT molecular complexity index is 490. The number of hydrogen-bond donors (Lipinski definition) is 1. The first-order valence-electron chi connectivity index (χ1n) is 3.71. The van der Waals surface area contributed by atoms with Crippen molar-refractivity contribution in [1.29, 1.82) is 0 Å². The van der Waals surface area contributed by atoms with Gasteiger partial charge >= 0.3 is 0 Å². The highest BCUT2D eigenvalue weighted by Gasteiger charge is 2.25. The van der Waals surface area contributed by atoms with Gasteiger partial charge in [0.2, 0.25) is 10.0 Å². The van der Waals surface area contributed by atoms with Crippen molar-refractivity contribution in [2.75, 3.05) is 0 Å². The van der Waals surface area contributed by atoms with Gasteiger partial charge in [-0.3, -0.25) is 4.98 Å². The van der Waals surface area contributed by atoms with Gasteiger partial charge in [-0.05, 0) is 29.5 Å². The molecule has 1 aromatic rings. The van der Waals surface area contributed by atoms with E-state index in [0.717, 1.165) is 6.20 Å². The molecule has 0 spiro atoms. The molecular formula is C7H7F2IN2O2S. The van der Waals surface area contributed by atoms with Crippen LogP contribution in [0, 0.1) is 10.5 Å². The highest BCUT2D eigenvalue weighted by atomic mass is 127. The van der Waals surface area contributed by atoms with Crippen LogP contribution in [0.3, 0.4) is 0 Å². The normalized spacial score (nSPS) is 12.1. The molecule has 0 bridgehead atoms. The largest absolute Gasteiger partial charge is 0.266 e. The number of primary sulfonamides is 1. The number of pyridine rings is 1. The standard InChI is InChI=1S/C7H7F2IN2O2S/c1-3-5(10)6(15(11,13)14)4(2-12-3)7(8)9/h2,7H,1H3,(H2,11,13,14). The maximum atomic E-state index is 12.5. The number of aryl methyl sites for hydroxylation is 1. The fourth-order valence-corrected chi connectivity index (χ4v) is 3.26. The molecule has 0 saturated carbocycles. The first-order chi connectivity index (χ1) is 6.75. The van der Waals surface area contributed by atoms with Crippen LogP contribution < -0.4 is 5.14 Å². The smallest absolute Gasteiger partial charge is 0.260 e. The van der Waals surface area contributed by atoms with E-state index in [9.17, 15) is 17.2 Å². The van der Waals surface area contributed by atoms with Crippen molar-refractivity contribution in [2.45, 2.75) is 18.2 Å². The molecule has 0 radical (unpaired) electrons. The van der Waals surface area contributed by atoms with Crippen molar-refractivity contribution < 1.29 is 17.2 Å². The molecule has 84 valence electrons. The van der Waals surface area contributed by atoms with Crippen LogP contribution in [0.4, 0.5) is 8.78 Å². The second-order valence-corrected chi connectivity index (χ2v) is 5.36. The Hall–Kier alpha value is -0.350. The Morgan fingerprint density at radius 3 is 2.47 bits per heavy atom. The third-order valence-electron chi connectivity index (χ3n) is 1.70. The van der Waals surface area contributed by atoms with Crippen molar-refractivity contribution in [3.05, 3.63) is 21.0 Å². The highest BCUT2D eigenvalue weighted by molar-refractivity contribution is 14.1. The van der Waals surface area contributed by atoms with Crippen molar-refractivity contribution in [3.63, 3.8) is 0 Å². The zero-order chi connectivity index (χ0) is 11.8. The van der Waals surface area contributed by atoms with Gasteiger partial charge in [0.1, 0.15) is 4.90 Å². The quantitative estimate of drug-likeness (QED) is 0.825. The topological polar surface area (TPSA) is 73.0 Å². The molecule has 0 aliphatic rings. The zero-order valence-electron chi connectivity index (χ0n) is 7.54. The molecule has 0 aliphatic heterocycles. The summed E-state index contributed by atoms with van der Waals surface area (Å²) >= 11 is 1.63. The molecule has 0 unspecified atom stereocenters. The summed E-state index contributed by atoms with van der Waals surface area (Å²) in [5.41, 5.74) is -0.309. The van der Waals surface area contributed by atoms with Gasteiger partial charge < -0.3 is 0 Å².